The third-order valence-electron chi connectivity index (χ3n) is 3.09. The number of ether oxygens (including phenoxy) is 2. The minimum atomic E-state index is 0.365. The Kier molecular flexibility index (Phi) is 11.0. The van der Waals surface area contributed by atoms with Crippen LogP contribution in [0.1, 0.15) is 39.2 Å². The molecule has 0 amide bonds. The van der Waals surface area contributed by atoms with Gasteiger partial charge in [-0.3, -0.25) is 0 Å². The first-order valence-electron chi connectivity index (χ1n) is 8.16. The normalized spacial score (nSPS) is 11.2. The summed E-state index contributed by atoms with van der Waals surface area (Å²) in [4.78, 5) is 5.16. The van der Waals surface area contributed by atoms with Gasteiger partial charge >= 0.3 is 0 Å². The summed E-state index contributed by atoms with van der Waals surface area (Å²) in [6.45, 7) is 7.37. The first-order valence-corrected chi connectivity index (χ1v) is 9.71. The van der Waals surface area contributed by atoms with Gasteiger partial charge in [-0.25, -0.2) is 0 Å². The highest BCUT2D eigenvalue weighted by Gasteiger charge is 2.11. The molecule has 0 aliphatic heterocycles. The van der Waals surface area contributed by atoms with Crippen molar-refractivity contribution in [2.75, 3.05) is 19.8 Å². The molecule has 0 aromatic heterocycles. The van der Waals surface area contributed by atoms with Crippen LogP contribution in [0.2, 0.25) is 5.02 Å². The van der Waals surface area contributed by atoms with Gasteiger partial charge in [0.25, 0.3) is 0 Å². The molecular formula is C18H24BrCl2NO3. The summed E-state index contributed by atoms with van der Waals surface area (Å²) in [7, 11) is 0. The fraction of sp³-hybridized carbons (Fsp3) is 0.500. The summed E-state index contributed by atoms with van der Waals surface area (Å²) < 4.78 is 12.0. The van der Waals surface area contributed by atoms with Crippen LogP contribution in [0.4, 0.5) is 0 Å². The quantitative estimate of drug-likeness (QED) is 0.224. The molecule has 25 heavy (non-hydrogen) atoms. The van der Waals surface area contributed by atoms with Gasteiger partial charge in [0.2, 0.25) is 0 Å². The maximum Gasteiger partial charge on any atom is 0.141 e. The van der Waals surface area contributed by atoms with Crippen molar-refractivity contribution in [2.45, 2.75) is 40.0 Å². The van der Waals surface area contributed by atoms with E-state index < -0.39 is 0 Å². The molecule has 0 atom stereocenters. The van der Waals surface area contributed by atoms with Gasteiger partial charge in [-0.2, -0.15) is 0 Å². The second-order valence-electron chi connectivity index (χ2n) is 5.48. The smallest absolute Gasteiger partial charge is 0.141 e. The lowest BCUT2D eigenvalue weighted by molar-refractivity contribution is 0.135. The monoisotopic (exact) mass is 451 g/mol. The van der Waals surface area contributed by atoms with Crippen molar-refractivity contribution in [3.63, 3.8) is 0 Å². The Morgan fingerprint density at radius 3 is 2.56 bits per heavy atom. The van der Waals surface area contributed by atoms with E-state index in [-0.39, 0.29) is 0 Å². The van der Waals surface area contributed by atoms with Gasteiger partial charge in [-0.1, -0.05) is 35.3 Å². The molecule has 1 rings (SSSR count). The van der Waals surface area contributed by atoms with Gasteiger partial charge in [0.1, 0.15) is 24.7 Å². The van der Waals surface area contributed by atoms with E-state index in [9.17, 15) is 0 Å². The molecule has 1 aromatic rings. The molecule has 0 heterocycles. The van der Waals surface area contributed by atoms with Crippen LogP contribution in [0.25, 0.3) is 0 Å². The second-order valence-corrected chi connectivity index (χ2v) is 7.60. The van der Waals surface area contributed by atoms with E-state index in [4.69, 9.17) is 37.5 Å². The van der Waals surface area contributed by atoms with Gasteiger partial charge in [0.05, 0.1) is 21.3 Å². The fourth-order valence-corrected chi connectivity index (χ4v) is 2.43. The Morgan fingerprint density at radius 1 is 1.20 bits per heavy atom. The van der Waals surface area contributed by atoms with E-state index in [1.165, 1.54) is 0 Å². The van der Waals surface area contributed by atoms with Crippen molar-refractivity contribution in [2.24, 2.45) is 5.16 Å². The van der Waals surface area contributed by atoms with Gasteiger partial charge < -0.3 is 14.3 Å². The van der Waals surface area contributed by atoms with Crippen molar-refractivity contribution in [3.05, 3.63) is 32.7 Å². The van der Waals surface area contributed by atoms with E-state index in [1.807, 2.05) is 19.9 Å². The Morgan fingerprint density at radius 2 is 1.92 bits per heavy atom. The van der Waals surface area contributed by atoms with Gasteiger partial charge in [-0.15, -0.1) is 0 Å². The number of hydrogen-bond donors (Lipinski definition) is 0. The first kappa shape index (κ1) is 22.1. The predicted octanol–water partition coefficient (Wildman–Crippen LogP) is 6.33. The van der Waals surface area contributed by atoms with Crippen molar-refractivity contribution in [3.8, 4) is 11.5 Å². The molecule has 140 valence electrons. The third-order valence-corrected chi connectivity index (χ3v) is 3.84. The lowest BCUT2D eigenvalue weighted by Gasteiger charge is -2.14. The second kappa shape index (κ2) is 12.4. The van der Waals surface area contributed by atoms with Crippen LogP contribution < -0.4 is 9.47 Å². The average Bonchev–Trinajstić information content (AvgIpc) is 2.54. The SMILES string of the molecule is CCc1cc(OC/C=C(\Cl)Br)cc(Cl)c1OCCCCON=C(C)C. The Bertz CT molecular complexity index is 598. The largest absolute Gasteiger partial charge is 0.492 e. The minimum Gasteiger partial charge on any atom is -0.492 e. The molecule has 0 bridgehead atoms. The number of nitrogens with zero attached hydrogens (tertiary/aromatic N) is 1. The molecular weight excluding hydrogens is 429 g/mol. The Hall–Kier alpha value is -0.910. The first-order chi connectivity index (χ1) is 11.9. The zero-order valence-electron chi connectivity index (χ0n) is 14.8. The van der Waals surface area contributed by atoms with Crippen LogP contribution in [0.3, 0.4) is 0 Å². The number of unbranched alkanes of at least 4 members (excludes halogenated alkanes) is 1. The highest BCUT2D eigenvalue weighted by Crippen LogP contribution is 2.34. The standard InChI is InChI=1S/C18H24BrCl2NO3/c1-4-14-11-15(23-10-7-17(19)21)12-16(20)18(14)24-8-5-6-9-25-22-13(2)3/h7,11-12H,4-6,8-10H2,1-3H3/b17-7-. The highest BCUT2D eigenvalue weighted by molar-refractivity contribution is 9.12. The predicted molar refractivity (Wildman–Crippen MR) is 109 cm³/mol. The molecule has 4 nitrogen and oxygen atoms in total. The molecule has 0 spiro atoms. The van der Waals surface area contributed by atoms with Crippen LogP contribution in [0.15, 0.2) is 27.3 Å². The van der Waals surface area contributed by atoms with Gasteiger partial charge in [-0.05, 0) is 66.7 Å². The molecule has 0 saturated carbocycles. The van der Waals surface area contributed by atoms with Crippen molar-refractivity contribution in [1.29, 1.82) is 0 Å². The van der Waals surface area contributed by atoms with Crippen LogP contribution in [-0.4, -0.2) is 25.5 Å². The number of rotatable bonds is 11. The minimum absolute atomic E-state index is 0.365. The topological polar surface area (TPSA) is 40.0 Å². The van der Waals surface area contributed by atoms with Gasteiger partial charge in [0, 0.05) is 6.07 Å². The number of hydrogen-bond acceptors (Lipinski definition) is 4. The van der Waals surface area contributed by atoms with E-state index in [0.717, 1.165) is 30.5 Å². The van der Waals surface area contributed by atoms with Crippen LogP contribution in [0, 0.1) is 0 Å². The van der Waals surface area contributed by atoms with Crippen LogP contribution in [0.5, 0.6) is 11.5 Å². The summed E-state index contributed by atoms with van der Waals surface area (Å²) in [5.74, 6) is 1.41. The van der Waals surface area contributed by atoms with E-state index in [2.05, 4.69) is 28.0 Å². The highest BCUT2D eigenvalue weighted by atomic mass is 79.9. The number of benzene rings is 1. The fourth-order valence-electron chi connectivity index (χ4n) is 1.95. The average molecular weight is 453 g/mol. The van der Waals surface area contributed by atoms with Crippen LogP contribution in [-0.2, 0) is 11.3 Å². The van der Waals surface area contributed by atoms with E-state index in [0.29, 0.717) is 40.3 Å². The summed E-state index contributed by atoms with van der Waals surface area (Å²) in [6.07, 6.45) is 4.26. The summed E-state index contributed by atoms with van der Waals surface area (Å²) in [6, 6.07) is 3.70. The number of aryl methyl sites for hydroxylation is 1. The van der Waals surface area contributed by atoms with E-state index >= 15 is 0 Å². The summed E-state index contributed by atoms with van der Waals surface area (Å²) in [5.41, 5.74) is 1.92. The molecule has 0 aliphatic carbocycles. The Balaban J connectivity index is 2.53. The summed E-state index contributed by atoms with van der Waals surface area (Å²) >= 11 is 15.2. The molecule has 0 saturated heterocycles. The number of halogens is 3. The maximum absolute atomic E-state index is 6.35. The number of oxime groups is 1. The lowest BCUT2D eigenvalue weighted by Crippen LogP contribution is -2.03. The Labute approximate surface area is 168 Å². The third kappa shape index (κ3) is 9.38. The molecule has 0 N–H and O–H groups in total. The molecule has 0 radical (unpaired) electrons. The molecule has 0 unspecified atom stereocenters. The van der Waals surface area contributed by atoms with Crippen molar-refractivity contribution in [1.82, 2.24) is 0 Å². The van der Waals surface area contributed by atoms with Gasteiger partial charge in [0.15, 0.2) is 0 Å². The zero-order chi connectivity index (χ0) is 18.7. The molecule has 1 aromatic carbocycles. The maximum atomic E-state index is 6.35. The lowest BCUT2D eigenvalue weighted by atomic mass is 10.1. The summed E-state index contributed by atoms with van der Waals surface area (Å²) in [5, 5.41) is 4.44. The van der Waals surface area contributed by atoms with Crippen molar-refractivity contribution >= 4 is 44.8 Å². The van der Waals surface area contributed by atoms with Crippen LogP contribution >= 0.6 is 39.1 Å². The molecule has 7 heteroatoms. The van der Waals surface area contributed by atoms with Crippen molar-refractivity contribution < 1.29 is 14.3 Å². The van der Waals surface area contributed by atoms with E-state index in [1.54, 1.807) is 12.1 Å². The zero-order valence-corrected chi connectivity index (χ0v) is 17.9. The molecule has 0 fully saturated rings. The molecule has 0 aliphatic rings.